The van der Waals surface area contributed by atoms with E-state index in [0.717, 1.165) is 5.69 Å². The van der Waals surface area contributed by atoms with Crippen LogP contribution >= 0.6 is 11.6 Å². The quantitative estimate of drug-likeness (QED) is 0.426. The van der Waals surface area contributed by atoms with Crippen LogP contribution in [0, 0.1) is 0 Å². The van der Waals surface area contributed by atoms with Gasteiger partial charge in [-0.15, -0.1) is 0 Å². The molecule has 0 radical (unpaired) electrons. The number of halogens is 1. The Kier molecular flexibility index (Phi) is 5.79. The van der Waals surface area contributed by atoms with Crippen LogP contribution < -0.4 is 10.3 Å². The predicted molar refractivity (Wildman–Crippen MR) is 125 cm³/mol. The summed E-state index contributed by atoms with van der Waals surface area (Å²) in [6.07, 6.45) is 1.64. The lowest BCUT2D eigenvalue weighted by Crippen LogP contribution is -2.31. The maximum absolute atomic E-state index is 13.3. The van der Waals surface area contributed by atoms with Crippen molar-refractivity contribution in [3.8, 4) is 5.69 Å². The van der Waals surface area contributed by atoms with Crippen molar-refractivity contribution in [1.29, 1.82) is 0 Å². The second kappa shape index (κ2) is 8.69. The third-order valence-electron chi connectivity index (χ3n) is 5.20. The fourth-order valence-electron chi connectivity index (χ4n) is 3.50. The summed E-state index contributed by atoms with van der Waals surface area (Å²) < 4.78 is 6.52. The number of anilines is 1. The first-order valence-electron chi connectivity index (χ1n) is 9.77. The third-order valence-corrected chi connectivity index (χ3v) is 5.44. The molecule has 160 valence electrons. The van der Waals surface area contributed by atoms with Crippen molar-refractivity contribution in [2.24, 2.45) is 0 Å². The molecule has 0 unspecified atom stereocenters. The fraction of sp³-hybridized carbons (Fsp3) is 0.0800. The lowest BCUT2D eigenvalue weighted by atomic mass is 10.1. The van der Waals surface area contributed by atoms with Crippen LogP contribution in [-0.2, 0) is 4.74 Å². The zero-order valence-corrected chi connectivity index (χ0v) is 18.2. The van der Waals surface area contributed by atoms with E-state index in [1.165, 1.54) is 36.3 Å². The Labute approximate surface area is 189 Å². The number of carbonyl (C=O) groups is 2. The third kappa shape index (κ3) is 3.88. The van der Waals surface area contributed by atoms with Crippen LogP contribution in [0.3, 0.4) is 0 Å². The van der Waals surface area contributed by atoms with Gasteiger partial charge in [-0.05, 0) is 54.6 Å². The van der Waals surface area contributed by atoms with Crippen molar-refractivity contribution >= 4 is 40.1 Å². The number of para-hydroxylation sites is 1. The number of rotatable bonds is 4. The Morgan fingerprint density at radius 2 is 1.59 bits per heavy atom. The Bertz CT molecular complexity index is 1380. The lowest BCUT2D eigenvalue weighted by molar-refractivity contribution is 0.0600. The number of nitrogens with zero attached hydrogens (tertiary/aromatic N) is 2. The van der Waals surface area contributed by atoms with E-state index in [1.807, 2.05) is 34.9 Å². The number of hydrogen-bond donors (Lipinski definition) is 0. The highest BCUT2D eigenvalue weighted by atomic mass is 35.5. The first-order chi connectivity index (χ1) is 15.4. The molecule has 3 aromatic carbocycles. The zero-order valence-electron chi connectivity index (χ0n) is 17.4. The van der Waals surface area contributed by atoms with Crippen molar-refractivity contribution < 1.29 is 14.3 Å². The average Bonchev–Trinajstić information content (AvgIpc) is 2.83. The van der Waals surface area contributed by atoms with Gasteiger partial charge in [0.1, 0.15) is 5.69 Å². The van der Waals surface area contributed by atoms with Crippen molar-refractivity contribution in [2.45, 2.75) is 0 Å². The Morgan fingerprint density at radius 1 is 0.938 bits per heavy atom. The maximum Gasteiger partial charge on any atom is 0.337 e. The van der Waals surface area contributed by atoms with Crippen molar-refractivity contribution in [3.63, 3.8) is 0 Å². The molecule has 0 N–H and O–H groups in total. The molecule has 0 atom stereocenters. The highest BCUT2D eigenvalue weighted by Crippen LogP contribution is 2.24. The summed E-state index contributed by atoms with van der Waals surface area (Å²) in [6.45, 7) is 0. The van der Waals surface area contributed by atoms with Crippen molar-refractivity contribution in [2.75, 3.05) is 19.1 Å². The standard InChI is InChI=1S/C25H19ClN2O4/c1-27(24(30)16-8-10-17(11-9-16)25(31)32-2)22-15-28(19-6-4-3-5-7-19)21-14-18(26)12-13-20(21)23(22)29/h3-15H,1-2H3. The van der Waals surface area contributed by atoms with Crippen LogP contribution in [0.4, 0.5) is 5.69 Å². The molecule has 1 amide bonds. The molecule has 0 aliphatic carbocycles. The van der Waals surface area contributed by atoms with Gasteiger partial charge in [0.25, 0.3) is 5.91 Å². The smallest absolute Gasteiger partial charge is 0.337 e. The topological polar surface area (TPSA) is 68.6 Å². The average molecular weight is 447 g/mol. The zero-order chi connectivity index (χ0) is 22.8. The summed E-state index contributed by atoms with van der Waals surface area (Å²) in [4.78, 5) is 39.4. The molecule has 7 heteroatoms. The largest absolute Gasteiger partial charge is 0.465 e. The van der Waals surface area contributed by atoms with E-state index in [2.05, 4.69) is 4.74 Å². The second-order valence-electron chi connectivity index (χ2n) is 7.14. The van der Waals surface area contributed by atoms with Crippen LogP contribution in [0.25, 0.3) is 16.6 Å². The molecule has 0 aliphatic rings. The number of ether oxygens (including phenoxy) is 1. The normalized spacial score (nSPS) is 10.7. The maximum atomic E-state index is 13.3. The molecule has 32 heavy (non-hydrogen) atoms. The highest BCUT2D eigenvalue weighted by molar-refractivity contribution is 6.31. The van der Waals surface area contributed by atoms with Gasteiger partial charge in [-0.1, -0.05) is 29.8 Å². The summed E-state index contributed by atoms with van der Waals surface area (Å²) in [7, 11) is 2.84. The van der Waals surface area contributed by atoms with Crippen LogP contribution in [0.15, 0.2) is 83.8 Å². The number of fused-ring (bicyclic) bond motifs is 1. The van der Waals surface area contributed by atoms with E-state index < -0.39 is 5.97 Å². The number of hydrogen-bond acceptors (Lipinski definition) is 4. The van der Waals surface area contributed by atoms with Gasteiger partial charge >= 0.3 is 5.97 Å². The summed E-state index contributed by atoms with van der Waals surface area (Å²) in [5.74, 6) is -0.872. The number of amides is 1. The van der Waals surface area contributed by atoms with Gasteiger partial charge in [0, 0.05) is 34.9 Å². The Hall–Kier alpha value is -3.90. The fourth-order valence-corrected chi connectivity index (χ4v) is 3.66. The number of carbonyl (C=O) groups excluding carboxylic acids is 2. The van der Waals surface area contributed by atoms with E-state index in [1.54, 1.807) is 31.4 Å². The SMILES string of the molecule is COC(=O)c1ccc(C(=O)N(C)c2cn(-c3ccccc3)c3cc(Cl)ccc3c2=O)cc1. The van der Waals surface area contributed by atoms with E-state index >= 15 is 0 Å². The number of methoxy groups -OCH3 is 1. The minimum Gasteiger partial charge on any atom is -0.465 e. The van der Waals surface area contributed by atoms with Crippen LogP contribution in [0.1, 0.15) is 20.7 Å². The molecule has 0 saturated carbocycles. The summed E-state index contributed by atoms with van der Waals surface area (Å²) in [5.41, 5.74) is 2.06. The molecule has 0 spiro atoms. The molecule has 0 bridgehead atoms. The van der Waals surface area contributed by atoms with Crippen LogP contribution in [-0.4, -0.2) is 30.6 Å². The van der Waals surface area contributed by atoms with Gasteiger partial charge in [-0.3, -0.25) is 9.59 Å². The molecular formula is C25H19ClN2O4. The highest BCUT2D eigenvalue weighted by Gasteiger charge is 2.20. The van der Waals surface area contributed by atoms with Gasteiger partial charge in [-0.2, -0.15) is 0 Å². The minimum absolute atomic E-state index is 0.214. The number of benzene rings is 3. The second-order valence-corrected chi connectivity index (χ2v) is 7.58. The minimum atomic E-state index is -0.490. The summed E-state index contributed by atoms with van der Waals surface area (Å²) in [6, 6.07) is 20.6. The number of esters is 1. The van der Waals surface area contributed by atoms with Gasteiger partial charge in [0.15, 0.2) is 0 Å². The molecule has 0 saturated heterocycles. The molecule has 6 nitrogen and oxygen atoms in total. The first kappa shape index (κ1) is 21.3. The van der Waals surface area contributed by atoms with Gasteiger partial charge < -0.3 is 14.2 Å². The van der Waals surface area contributed by atoms with Crippen LogP contribution in [0.2, 0.25) is 5.02 Å². The summed E-state index contributed by atoms with van der Waals surface area (Å²) >= 11 is 6.20. The molecule has 4 rings (SSSR count). The molecule has 0 fully saturated rings. The van der Waals surface area contributed by atoms with Crippen molar-refractivity contribution in [1.82, 2.24) is 4.57 Å². The van der Waals surface area contributed by atoms with E-state index in [9.17, 15) is 14.4 Å². The molecular weight excluding hydrogens is 428 g/mol. The van der Waals surface area contributed by atoms with Crippen LogP contribution in [0.5, 0.6) is 0 Å². The lowest BCUT2D eigenvalue weighted by Gasteiger charge is -2.20. The van der Waals surface area contributed by atoms with Gasteiger partial charge in [0.2, 0.25) is 5.43 Å². The predicted octanol–water partition coefficient (Wildman–Crippen LogP) is 4.71. The molecule has 1 aromatic heterocycles. The molecule has 4 aromatic rings. The number of pyridine rings is 1. The van der Waals surface area contributed by atoms with E-state index in [4.69, 9.17) is 11.6 Å². The van der Waals surface area contributed by atoms with Crippen molar-refractivity contribution in [3.05, 3.63) is 105 Å². The van der Waals surface area contributed by atoms with Gasteiger partial charge in [0.05, 0.1) is 18.2 Å². The van der Waals surface area contributed by atoms with E-state index in [0.29, 0.717) is 27.1 Å². The Morgan fingerprint density at radius 3 is 2.25 bits per heavy atom. The Balaban J connectivity index is 1.82. The monoisotopic (exact) mass is 446 g/mol. The number of aromatic nitrogens is 1. The molecule has 0 aliphatic heterocycles. The summed E-state index contributed by atoms with van der Waals surface area (Å²) in [5, 5.41) is 0.945. The first-order valence-corrected chi connectivity index (χ1v) is 10.2. The van der Waals surface area contributed by atoms with Gasteiger partial charge in [-0.25, -0.2) is 4.79 Å². The molecule has 1 heterocycles. The van der Waals surface area contributed by atoms with E-state index in [-0.39, 0.29) is 17.0 Å².